The van der Waals surface area contributed by atoms with E-state index in [2.05, 4.69) is 0 Å². The first-order chi connectivity index (χ1) is 16.6. The molecule has 17 heteroatoms. The van der Waals surface area contributed by atoms with Gasteiger partial charge in [-0.15, -0.1) is 0 Å². The number of sulfonamides is 2. The van der Waals surface area contributed by atoms with Crippen LogP contribution in [0.4, 0.5) is 43.9 Å². The highest BCUT2D eigenvalue weighted by molar-refractivity contribution is 8.04. The number of nitrogens with zero attached hydrogens (tertiary/aromatic N) is 1. The Morgan fingerprint density at radius 3 is 1.54 bits per heavy atom. The van der Waals surface area contributed by atoms with Gasteiger partial charge in [0.2, 0.25) is 0 Å². The number of alkyl halides is 10. The van der Waals surface area contributed by atoms with Gasteiger partial charge in [-0.3, -0.25) is 0 Å². The summed E-state index contributed by atoms with van der Waals surface area (Å²) in [6.45, 7) is 5.00. The van der Waals surface area contributed by atoms with Crippen LogP contribution in [-0.2, 0) is 20.0 Å². The molecule has 0 radical (unpaired) electrons. The fraction of sp³-hybridized carbons (Fsp3) is 0.700. The Kier molecular flexibility index (Phi) is 11.9. The quantitative estimate of drug-likeness (QED) is 0.270. The van der Waals surface area contributed by atoms with E-state index in [1.807, 2.05) is 20.8 Å². The second kappa shape index (κ2) is 12.5. The maximum Gasteiger partial charge on any atom is 0.512 e. The molecule has 1 atom stereocenters. The highest BCUT2D eigenvalue weighted by Gasteiger charge is 2.72. The molecule has 0 heterocycles. The summed E-state index contributed by atoms with van der Waals surface area (Å²) in [5.74, 6) is -0.113. The Balaban J connectivity index is 0.00000631. The van der Waals surface area contributed by atoms with Gasteiger partial charge in [-0.25, -0.2) is 21.2 Å². The average molecular weight is 600 g/mol. The van der Waals surface area contributed by atoms with E-state index in [0.29, 0.717) is 37.0 Å². The van der Waals surface area contributed by atoms with Crippen LogP contribution in [0, 0.1) is 0 Å². The van der Waals surface area contributed by atoms with Gasteiger partial charge in [0.25, 0.3) is 10.0 Å². The lowest BCUT2D eigenvalue weighted by atomic mass is 9.92. The summed E-state index contributed by atoms with van der Waals surface area (Å²) in [6.07, 6.45) is -14.6. The third-order valence-corrected chi connectivity index (χ3v) is 9.21. The lowest BCUT2D eigenvalue weighted by molar-refractivity contribution is -0.343. The first-order valence-electron chi connectivity index (χ1n) is 10.8. The summed E-state index contributed by atoms with van der Waals surface area (Å²) in [6, 6.07) is 3.58. The van der Waals surface area contributed by atoms with E-state index in [-0.39, 0.29) is 5.92 Å². The Labute approximate surface area is 208 Å². The molecule has 1 rings (SSSR count). The number of benzene rings is 1. The van der Waals surface area contributed by atoms with Crippen LogP contribution >= 0.6 is 0 Å². The van der Waals surface area contributed by atoms with Crippen molar-refractivity contribution in [3.63, 3.8) is 0 Å². The fourth-order valence-electron chi connectivity index (χ4n) is 3.16. The molecule has 0 N–H and O–H groups in total. The van der Waals surface area contributed by atoms with E-state index in [0.717, 1.165) is 12.1 Å². The molecule has 0 aliphatic rings. The number of hydrogen-bond acceptors (Lipinski definition) is 4. The second-order valence-corrected chi connectivity index (χ2v) is 11.4. The number of hydrogen-bond donors (Lipinski definition) is 0. The van der Waals surface area contributed by atoms with Crippen LogP contribution < -0.4 is 0 Å². The Bertz CT molecular complexity index is 1050. The van der Waals surface area contributed by atoms with Crippen LogP contribution in [0.3, 0.4) is 0 Å². The zero-order valence-electron chi connectivity index (χ0n) is 20.1. The first-order valence-corrected chi connectivity index (χ1v) is 13.7. The van der Waals surface area contributed by atoms with Crippen LogP contribution in [-0.4, -0.2) is 50.6 Å². The Hall–Kier alpha value is -1.62. The minimum Gasteiger partial charge on any atom is -0.224 e. The van der Waals surface area contributed by atoms with Crippen molar-refractivity contribution < 1.29 is 60.7 Å². The third-order valence-electron chi connectivity index (χ3n) is 5.15. The summed E-state index contributed by atoms with van der Waals surface area (Å²) in [5.41, 5.74) is -12.1. The molecule has 0 aromatic heterocycles. The van der Waals surface area contributed by atoms with Gasteiger partial charge in [0.05, 0.1) is 4.90 Å². The summed E-state index contributed by atoms with van der Waals surface area (Å²) >= 11 is 0. The van der Waals surface area contributed by atoms with E-state index in [1.165, 1.54) is 0 Å². The second-order valence-electron chi connectivity index (χ2n) is 7.46. The fourth-order valence-corrected chi connectivity index (χ4v) is 6.31. The van der Waals surface area contributed by atoms with Gasteiger partial charge >= 0.3 is 33.6 Å². The van der Waals surface area contributed by atoms with Gasteiger partial charge in [0, 0.05) is 13.0 Å². The van der Waals surface area contributed by atoms with Crippen LogP contribution in [0.1, 0.15) is 64.9 Å². The van der Waals surface area contributed by atoms with Crippen LogP contribution in [0.25, 0.3) is 0 Å². The monoisotopic (exact) mass is 599 g/mol. The lowest BCUT2D eigenvalue weighted by Gasteiger charge is -2.32. The summed E-state index contributed by atoms with van der Waals surface area (Å²) < 4.78 is 177. The average Bonchev–Trinajstić information content (AvgIpc) is 2.76. The van der Waals surface area contributed by atoms with E-state index in [1.54, 1.807) is 6.92 Å². The highest BCUT2D eigenvalue weighted by Crippen LogP contribution is 2.49. The number of rotatable bonds is 10. The first kappa shape index (κ1) is 35.4. The zero-order chi connectivity index (χ0) is 29.7. The molecule has 218 valence electrons. The zero-order valence-corrected chi connectivity index (χ0v) is 21.7. The van der Waals surface area contributed by atoms with Crippen LogP contribution in [0.2, 0.25) is 0 Å². The van der Waals surface area contributed by atoms with Gasteiger partial charge in [-0.2, -0.15) is 39.5 Å². The standard InChI is InChI=1S/C18H21F10NO4S2.C2H6/c1-3-5-12(4-2)13-6-8-14(9-7-13)34(30,31)29(35(32,33)18(26,27)28)11-10-15(19,16(20,21)22)17(23,24)25;1-2/h6-9,12H,3-5,10-11H2,1-2H3;1-2H3. The highest BCUT2D eigenvalue weighted by atomic mass is 32.3. The molecular formula is C20H27F10NO4S2. The molecular weight excluding hydrogens is 572 g/mol. The molecule has 1 aromatic rings. The van der Waals surface area contributed by atoms with E-state index >= 15 is 0 Å². The topological polar surface area (TPSA) is 71.5 Å². The van der Waals surface area contributed by atoms with E-state index in [4.69, 9.17) is 0 Å². The molecule has 0 saturated carbocycles. The van der Waals surface area contributed by atoms with Gasteiger partial charge < -0.3 is 0 Å². The molecule has 0 aliphatic heterocycles. The molecule has 1 aromatic carbocycles. The Morgan fingerprint density at radius 2 is 1.22 bits per heavy atom. The smallest absolute Gasteiger partial charge is 0.224 e. The molecule has 0 bridgehead atoms. The van der Waals surface area contributed by atoms with E-state index < -0.39 is 65.1 Å². The lowest BCUT2D eigenvalue weighted by Crippen LogP contribution is -2.56. The predicted molar refractivity (Wildman–Crippen MR) is 115 cm³/mol. The van der Waals surface area contributed by atoms with Crippen LogP contribution in [0.15, 0.2) is 29.2 Å². The minimum atomic E-state index is -7.05. The predicted octanol–water partition coefficient (Wildman–Crippen LogP) is 7.07. The largest absolute Gasteiger partial charge is 0.512 e. The van der Waals surface area contributed by atoms with Gasteiger partial charge in [-0.1, -0.05) is 50.0 Å². The summed E-state index contributed by atoms with van der Waals surface area (Å²) in [7, 11) is -12.9. The van der Waals surface area contributed by atoms with Gasteiger partial charge in [0.15, 0.2) is 0 Å². The van der Waals surface area contributed by atoms with Crippen molar-refractivity contribution >= 4 is 20.0 Å². The normalized spacial score (nSPS) is 14.8. The maximum atomic E-state index is 13.9. The SMILES string of the molecule is CC.CCCC(CC)c1ccc(S(=O)(=O)N(CCC(F)(C(F)(F)F)C(F)(F)F)S(=O)(=O)C(F)(F)F)cc1. The van der Waals surface area contributed by atoms with Crippen molar-refractivity contribution in [3.05, 3.63) is 29.8 Å². The van der Waals surface area contributed by atoms with Crippen molar-refractivity contribution in [1.29, 1.82) is 0 Å². The molecule has 5 nitrogen and oxygen atoms in total. The van der Waals surface area contributed by atoms with Gasteiger partial charge in [-0.05, 0) is 36.5 Å². The molecule has 0 saturated heterocycles. The molecule has 1 unspecified atom stereocenters. The maximum absolute atomic E-state index is 13.9. The molecule has 0 fully saturated rings. The summed E-state index contributed by atoms with van der Waals surface area (Å²) in [4.78, 5) is -1.16. The van der Waals surface area contributed by atoms with Crippen molar-refractivity contribution in [2.24, 2.45) is 0 Å². The molecule has 0 aliphatic carbocycles. The summed E-state index contributed by atoms with van der Waals surface area (Å²) in [5, 5.41) is 0. The van der Waals surface area contributed by atoms with E-state index in [9.17, 15) is 60.7 Å². The molecule has 37 heavy (non-hydrogen) atoms. The third kappa shape index (κ3) is 7.71. The van der Waals surface area contributed by atoms with Crippen molar-refractivity contribution in [2.45, 2.75) is 87.7 Å². The molecule has 0 amide bonds. The van der Waals surface area contributed by atoms with Crippen molar-refractivity contribution in [1.82, 2.24) is 3.71 Å². The molecule has 0 spiro atoms. The van der Waals surface area contributed by atoms with Crippen LogP contribution in [0.5, 0.6) is 0 Å². The van der Waals surface area contributed by atoms with Gasteiger partial charge in [0.1, 0.15) is 0 Å². The van der Waals surface area contributed by atoms with Crippen molar-refractivity contribution in [3.8, 4) is 0 Å². The number of halogens is 10. The minimum absolute atomic E-state index is 0.113. The van der Waals surface area contributed by atoms with Crippen molar-refractivity contribution in [2.75, 3.05) is 6.54 Å². The Morgan fingerprint density at radius 1 is 0.784 bits per heavy atom.